The van der Waals surface area contributed by atoms with E-state index in [9.17, 15) is 0 Å². The second kappa shape index (κ2) is 15.3. The zero-order chi connectivity index (χ0) is 52.1. The van der Waals surface area contributed by atoms with E-state index >= 15 is 0 Å². The lowest BCUT2D eigenvalue weighted by molar-refractivity contribution is 0.332. The summed E-state index contributed by atoms with van der Waals surface area (Å²) < 4.78 is 2.78. The van der Waals surface area contributed by atoms with Crippen molar-refractivity contribution in [1.29, 1.82) is 0 Å². The van der Waals surface area contributed by atoms with E-state index in [4.69, 9.17) is 0 Å². The molecule has 0 saturated carbocycles. The maximum Gasteiger partial charge on any atom is 0.197 e. The first-order chi connectivity index (χ1) is 33.9. The molecule has 1 aromatic heterocycles. The van der Waals surface area contributed by atoms with Crippen LogP contribution in [0.1, 0.15) is 218 Å². The zero-order valence-corrected chi connectivity index (χ0v) is 48.2. The van der Waals surface area contributed by atoms with Gasteiger partial charge in [0.05, 0.1) is 5.52 Å². The van der Waals surface area contributed by atoms with Crippen molar-refractivity contribution in [3.63, 3.8) is 0 Å². The average Bonchev–Trinajstić information content (AvgIpc) is 3.65. The molecular formula is C70H84BN2. The Kier molecular flexibility index (Phi) is 10.3. The molecule has 0 amide bonds. The number of hydrogen-bond acceptors (Lipinski definition) is 1. The molecule has 1 aliphatic heterocycles. The van der Waals surface area contributed by atoms with Gasteiger partial charge in [0.1, 0.15) is 0 Å². The van der Waals surface area contributed by atoms with Gasteiger partial charge in [-0.25, -0.2) is 0 Å². The number of rotatable bonds is 4. The van der Waals surface area contributed by atoms with Crippen LogP contribution in [-0.2, 0) is 43.3 Å². The molecule has 5 aliphatic rings. The Labute approximate surface area is 440 Å². The standard InChI is InChI=1S/C70H84BN2/c1-40-20-19-21-41(2)59(40)46-33-44(43-34-49-52(68(13,14)29-26-65(49,7)8)37-56(43)72-42-22-23-47-48(32-42)64(5,6)25-24-63(47,3)4)61-62-60(46)45-35-50-53(69(15,16)30-27-66(50,9)10)38-57(45)73(62)58-39-54-51(36-55(58)71-61)67(11,12)28-31-70(54,17)18/h19-23,32-39,72H,24-31H2,1-18H3. The Morgan fingerprint density at radius 1 is 0.425 bits per heavy atom. The molecule has 2 heterocycles. The van der Waals surface area contributed by atoms with Crippen LogP contribution >= 0.6 is 0 Å². The number of aryl methyl sites for hydroxylation is 2. The Bertz CT molecular complexity index is 3520. The van der Waals surface area contributed by atoms with Crippen molar-refractivity contribution in [3.8, 4) is 27.9 Å². The maximum absolute atomic E-state index is 4.26. The van der Waals surface area contributed by atoms with E-state index in [-0.39, 0.29) is 43.3 Å². The van der Waals surface area contributed by atoms with Gasteiger partial charge in [-0.3, -0.25) is 0 Å². The number of aromatic nitrogens is 1. The third kappa shape index (κ3) is 7.22. The molecular weight excluding hydrogens is 880 g/mol. The molecule has 12 rings (SSSR count). The average molecular weight is 964 g/mol. The van der Waals surface area contributed by atoms with Crippen molar-refractivity contribution < 1.29 is 0 Å². The van der Waals surface area contributed by atoms with E-state index in [0.717, 1.165) is 6.42 Å². The third-order valence-electron chi connectivity index (χ3n) is 20.7. The van der Waals surface area contributed by atoms with Crippen LogP contribution < -0.4 is 16.2 Å². The Morgan fingerprint density at radius 2 is 0.877 bits per heavy atom. The fourth-order valence-electron chi connectivity index (χ4n) is 15.2. The summed E-state index contributed by atoms with van der Waals surface area (Å²) in [4.78, 5) is 0. The lowest BCUT2D eigenvalue weighted by atomic mass is 9.55. The van der Waals surface area contributed by atoms with E-state index in [0.29, 0.717) is 0 Å². The number of anilines is 2. The van der Waals surface area contributed by atoms with Crippen molar-refractivity contribution in [2.24, 2.45) is 0 Å². The van der Waals surface area contributed by atoms with Gasteiger partial charge in [-0.15, -0.1) is 0 Å². The molecule has 4 aliphatic carbocycles. The molecule has 1 radical (unpaired) electrons. The largest absolute Gasteiger partial charge is 0.355 e. The van der Waals surface area contributed by atoms with Crippen LogP contribution in [0.3, 0.4) is 0 Å². The highest BCUT2D eigenvalue weighted by molar-refractivity contribution is 6.73. The number of nitrogens with zero attached hydrogens (tertiary/aromatic N) is 1. The highest BCUT2D eigenvalue weighted by Gasteiger charge is 2.44. The van der Waals surface area contributed by atoms with E-state index in [2.05, 4.69) is 221 Å². The summed E-state index contributed by atoms with van der Waals surface area (Å²) in [6.45, 7) is 44.4. The van der Waals surface area contributed by atoms with Gasteiger partial charge in [0, 0.05) is 38.9 Å². The first-order valence-electron chi connectivity index (χ1n) is 28.4. The number of benzene rings is 6. The highest BCUT2D eigenvalue weighted by Crippen LogP contribution is 2.55. The monoisotopic (exact) mass is 964 g/mol. The van der Waals surface area contributed by atoms with Crippen molar-refractivity contribution in [1.82, 2.24) is 4.57 Å². The molecule has 3 heteroatoms. The molecule has 0 atom stereocenters. The molecule has 0 unspecified atom stereocenters. The first kappa shape index (κ1) is 48.9. The summed E-state index contributed by atoms with van der Waals surface area (Å²) in [5.41, 5.74) is 29.7. The topological polar surface area (TPSA) is 17.0 Å². The third-order valence-corrected chi connectivity index (χ3v) is 20.7. The molecule has 1 N–H and O–H groups in total. The first-order valence-corrected chi connectivity index (χ1v) is 28.4. The number of fused-ring (bicyclic) bond motifs is 9. The molecule has 2 nitrogen and oxygen atoms in total. The summed E-state index contributed by atoms with van der Waals surface area (Å²) in [5, 5.41) is 7.03. The quantitative estimate of drug-likeness (QED) is 0.174. The van der Waals surface area contributed by atoms with Crippen molar-refractivity contribution >= 4 is 51.4 Å². The van der Waals surface area contributed by atoms with Crippen LogP contribution in [0.25, 0.3) is 49.7 Å². The molecule has 377 valence electrons. The van der Waals surface area contributed by atoms with Crippen LogP contribution in [-0.4, -0.2) is 11.8 Å². The van der Waals surface area contributed by atoms with Gasteiger partial charge in [-0.2, -0.15) is 0 Å². The number of nitrogens with one attached hydrogen (secondary N) is 1. The predicted molar refractivity (Wildman–Crippen MR) is 317 cm³/mol. The van der Waals surface area contributed by atoms with Crippen molar-refractivity contribution in [2.45, 2.75) is 219 Å². The molecule has 7 aromatic rings. The van der Waals surface area contributed by atoms with Gasteiger partial charge in [-0.05, 0) is 235 Å². The molecule has 0 fully saturated rings. The van der Waals surface area contributed by atoms with Crippen LogP contribution in [0.15, 0.2) is 78.9 Å². The zero-order valence-electron chi connectivity index (χ0n) is 48.2. The van der Waals surface area contributed by atoms with E-state index < -0.39 is 0 Å². The van der Waals surface area contributed by atoms with Crippen LogP contribution in [0.4, 0.5) is 11.4 Å². The summed E-state index contributed by atoms with van der Waals surface area (Å²) in [5.74, 6) is 0. The lowest BCUT2D eigenvalue weighted by Gasteiger charge is -2.43. The molecule has 6 aromatic carbocycles. The number of hydrogen-bond donors (Lipinski definition) is 1. The minimum Gasteiger partial charge on any atom is -0.355 e. The highest BCUT2D eigenvalue weighted by atomic mass is 15.0. The summed E-state index contributed by atoms with van der Waals surface area (Å²) in [6.07, 6.45) is 9.47. The fraction of sp³-hybridized carbons (Fsp3) is 0.486. The summed E-state index contributed by atoms with van der Waals surface area (Å²) in [6, 6.07) is 32.8. The van der Waals surface area contributed by atoms with Crippen molar-refractivity contribution in [3.05, 3.63) is 134 Å². The van der Waals surface area contributed by atoms with Crippen molar-refractivity contribution in [2.75, 3.05) is 5.32 Å². The Balaban J connectivity index is 1.25. The minimum absolute atomic E-state index is 0.0255. The SMILES string of the molecule is Cc1cccc(C)c1-c1cc(-c2cc3c(cc2Nc2ccc4c(c2)C(C)(C)CCC4(C)C)C(C)(C)CCC3(C)C)c2c3c1c1cc4c(cc1n3-c1cc3c(cc1[B]2)C(C)(C)CCC3(C)C)C(C)(C)CCC4(C)C. The second-order valence-corrected chi connectivity index (χ2v) is 29.6. The van der Waals surface area contributed by atoms with Crippen LogP contribution in [0.2, 0.25) is 0 Å². The Morgan fingerprint density at radius 3 is 1.42 bits per heavy atom. The minimum atomic E-state index is 0.0255. The van der Waals surface area contributed by atoms with E-state index in [1.807, 2.05) is 0 Å². The van der Waals surface area contributed by atoms with Gasteiger partial charge in [0.2, 0.25) is 0 Å². The van der Waals surface area contributed by atoms with Crippen LogP contribution in [0, 0.1) is 13.8 Å². The van der Waals surface area contributed by atoms with Gasteiger partial charge >= 0.3 is 0 Å². The van der Waals surface area contributed by atoms with Gasteiger partial charge < -0.3 is 9.88 Å². The normalized spacial score (nSPS) is 21.6. The van der Waals surface area contributed by atoms with Crippen LogP contribution in [0.5, 0.6) is 0 Å². The lowest BCUT2D eigenvalue weighted by Crippen LogP contribution is -2.41. The second-order valence-electron chi connectivity index (χ2n) is 29.6. The maximum atomic E-state index is 4.26. The molecule has 0 saturated heterocycles. The van der Waals surface area contributed by atoms with E-state index in [1.165, 1.54) is 173 Å². The smallest absolute Gasteiger partial charge is 0.197 e. The molecule has 0 spiro atoms. The van der Waals surface area contributed by atoms with E-state index in [1.54, 1.807) is 0 Å². The summed E-state index contributed by atoms with van der Waals surface area (Å²) in [7, 11) is 2.63. The Hall–Kier alpha value is -5.02. The fourth-order valence-corrected chi connectivity index (χ4v) is 15.2. The predicted octanol–water partition coefficient (Wildman–Crippen LogP) is 17.8. The molecule has 0 bridgehead atoms. The summed E-state index contributed by atoms with van der Waals surface area (Å²) >= 11 is 0. The van der Waals surface area contributed by atoms with Gasteiger partial charge in [0.15, 0.2) is 7.28 Å². The molecule has 73 heavy (non-hydrogen) atoms. The van der Waals surface area contributed by atoms with Gasteiger partial charge in [0.25, 0.3) is 0 Å². The van der Waals surface area contributed by atoms with Gasteiger partial charge in [-0.1, -0.05) is 147 Å².